The second-order valence-corrected chi connectivity index (χ2v) is 23.5. The molecule has 0 aromatic heterocycles. The highest BCUT2D eigenvalue weighted by atomic mass is 29.2. The Morgan fingerprint density at radius 2 is 1.90 bits per heavy atom. The van der Waals surface area contributed by atoms with Gasteiger partial charge in [-0.15, -0.1) is 0 Å². The average molecular weight is 484 g/mol. The van der Waals surface area contributed by atoms with Crippen molar-refractivity contribution in [2.24, 2.45) is 0 Å². The van der Waals surface area contributed by atoms with Crippen LogP contribution in [0, 0.1) is 0 Å². The third-order valence-corrected chi connectivity index (χ3v) is 17.0. The van der Waals surface area contributed by atoms with Crippen LogP contribution >= 0.6 is 0 Å². The van der Waals surface area contributed by atoms with Crippen LogP contribution in [0.4, 0.5) is 5.69 Å². The minimum Gasteiger partial charge on any atom is -0.556 e. The average Bonchev–Trinajstić information content (AvgIpc) is 2.71. The molecule has 0 fully saturated rings. The van der Waals surface area contributed by atoms with Crippen molar-refractivity contribution < 1.29 is 22.3 Å². The summed E-state index contributed by atoms with van der Waals surface area (Å²) >= 11 is 0. The molecule has 1 aromatic rings. The number of carbonyl (C=O) groups is 1. The lowest BCUT2D eigenvalue weighted by Gasteiger charge is -2.30. The lowest BCUT2D eigenvalue weighted by molar-refractivity contribution is -0.107. The second kappa shape index (κ2) is 12.7. The van der Waals surface area contributed by atoms with Gasteiger partial charge >= 0.3 is 18.2 Å². The second-order valence-electron chi connectivity index (χ2n) is 8.33. The number of nitrogens with zero attached hydrogens (tertiary/aromatic N) is 1. The Hall–Kier alpha value is -0.866. The number of hydrogen-bond donors (Lipinski definition) is 0. The van der Waals surface area contributed by atoms with Crippen molar-refractivity contribution in [3.05, 3.63) is 24.3 Å². The molecule has 1 aromatic carbocycles. The van der Waals surface area contributed by atoms with Gasteiger partial charge in [-0.3, -0.25) is 4.79 Å². The first kappa shape index (κ1) is 26.2. The normalized spacial score (nSPS) is 14.5. The summed E-state index contributed by atoms with van der Waals surface area (Å²) in [5.74, 6) is 0. The van der Waals surface area contributed by atoms with Crippen molar-refractivity contribution in [3.63, 3.8) is 0 Å². The molecule has 0 saturated heterocycles. The molecule has 2 unspecified atom stereocenters. The van der Waals surface area contributed by atoms with E-state index in [1.165, 1.54) is 5.19 Å². The summed E-state index contributed by atoms with van der Waals surface area (Å²) in [6, 6.07) is 11.0. The fraction of sp³-hybridized carbons (Fsp3) is 0.611. The zero-order valence-corrected chi connectivity index (χ0v) is 23.3. The molecule has 1 amide bonds. The van der Waals surface area contributed by atoms with Gasteiger partial charge in [-0.05, 0) is 31.1 Å². The highest BCUT2D eigenvalue weighted by molar-refractivity contribution is 7.05. The SMILES string of the molecule is CN(C=O)c1cccc([Si](C)(C)CC[Si](C)(OCCCC[SiH](C)[Si]=O)O[Si]=O)c1. The van der Waals surface area contributed by atoms with E-state index in [4.69, 9.17) is 8.54 Å². The van der Waals surface area contributed by atoms with Gasteiger partial charge in [0.25, 0.3) is 8.92 Å². The molecule has 0 aliphatic heterocycles. The molecule has 2 radical (unpaired) electrons. The van der Waals surface area contributed by atoms with Crippen LogP contribution in [0.2, 0.25) is 44.3 Å². The Bertz CT molecular complexity index is 678. The minimum absolute atomic E-state index is 0.117. The third-order valence-electron chi connectivity index (χ3n) is 5.29. The highest BCUT2D eigenvalue weighted by Crippen LogP contribution is 2.23. The van der Waals surface area contributed by atoms with Crippen LogP contribution in [-0.2, 0) is 22.3 Å². The topological polar surface area (TPSA) is 72.9 Å². The van der Waals surface area contributed by atoms with E-state index in [1.54, 1.807) is 11.9 Å². The van der Waals surface area contributed by atoms with Gasteiger partial charge in [0, 0.05) is 19.3 Å². The van der Waals surface area contributed by atoms with E-state index in [0.29, 0.717) is 6.61 Å². The van der Waals surface area contributed by atoms with Crippen molar-refractivity contribution in [1.29, 1.82) is 0 Å². The van der Waals surface area contributed by atoms with Gasteiger partial charge in [0.2, 0.25) is 6.41 Å². The van der Waals surface area contributed by atoms with E-state index < -0.39 is 34.6 Å². The predicted octanol–water partition coefficient (Wildman–Crippen LogP) is 2.45. The van der Waals surface area contributed by atoms with Crippen molar-refractivity contribution in [3.8, 4) is 0 Å². The van der Waals surface area contributed by atoms with Crippen molar-refractivity contribution in [2.75, 3.05) is 18.6 Å². The van der Waals surface area contributed by atoms with E-state index in [9.17, 15) is 13.7 Å². The van der Waals surface area contributed by atoms with Crippen LogP contribution in [-0.4, -0.2) is 63.6 Å². The number of unbranched alkanes of at least 4 members (excludes halogenated alkanes) is 1. The Kier molecular flexibility index (Phi) is 11.5. The highest BCUT2D eigenvalue weighted by Gasteiger charge is 2.36. The molecule has 0 aliphatic carbocycles. The Morgan fingerprint density at radius 1 is 1.17 bits per heavy atom. The first-order valence-corrected chi connectivity index (χ1v) is 21.3. The summed E-state index contributed by atoms with van der Waals surface area (Å²) in [4.78, 5) is 12.6. The molecule has 0 aliphatic rings. The van der Waals surface area contributed by atoms with Crippen LogP contribution in [0.3, 0.4) is 0 Å². The largest absolute Gasteiger partial charge is 0.580 e. The number of anilines is 1. The zero-order chi connectivity index (χ0) is 21.9. The van der Waals surface area contributed by atoms with Gasteiger partial charge in [0.15, 0.2) is 0 Å². The molecule has 0 heterocycles. The predicted molar refractivity (Wildman–Crippen MR) is 126 cm³/mol. The first-order chi connectivity index (χ1) is 13.7. The lowest BCUT2D eigenvalue weighted by atomic mass is 10.3. The monoisotopic (exact) mass is 483 g/mol. The molecule has 2 atom stereocenters. The Morgan fingerprint density at radius 3 is 2.52 bits per heavy atom. The van der Waals surface area contributed by atoms with E-state index in [1.807, 2.05) is 18.7 Å². The minimum atomic E-state index is -2.50. The van der Waals surface area contributed by atoms with Gasteiger partial charge in [-0.25, -0.2) is 0 Å². The summed E-state index contributed by atoms with van der Waals surface area (Å²) in [5, 5.41) is 1.28. The van der Waals surface area contributed by atoms with E-state index in [2.05, 4.69) is 31.8 Å². The summed E-state index contributed by atoms with van der Waals surface area (Å²) in [7, 11) is -4.48. The standard InChI is InChI=1S/C18H33NO5Si5/c1-19(16-20)17-9-8-10-18(15-17)28(3,4)13-14-29(5,24-25-21)23-11-6-7-12-27(2)26-22/h8-10,15-16,27H,6-7,11-14H2,1-5H3. The molecular formula is C18H33NO5Si5. The third kappa shape index (κ3) is 9.21. The molecule has 11 heteroatoms. The van der Waals surface area contributed by atoms with Crippen LogP contribution in [0.25, 0.3) is 0 Å². The number of hydrogen-bond acceptors (Lipinski definition) is 5. The van der Waals surface area contributed by atoms with Crippen molar-refractivity contribution in [1.82, 2.24) is 0 Å². The van der Waals surface area contributed by atoms with Crippen LogP contribution < -0.4 is 10.1 Å². The maximum Gasteiger partial charge on any atom is 0.580 e. The molecule has 160 valence electrons. The van der Waals surface area contributed by atoms with E-state index in [0.717, 1.165) is 43.1 Å². The zero-order valence-electron chi connectivity index (χ0n) is 18.2. The Balaban J connectivity index is 2.69. The molecule has 0 N–H and O–H groups in total. The maximum absolute atomic E-state index is 11.2. The van der Waals surface area contributed by atoms with Gasteiger partial charge in [-0.2, -0.15) is 0 Å². The number of benzene rings is 1. The van der Waals surface area contributed by atoms with Crippen LogP contribution in [0.15, 0.2) is 24.3 Å². The summed E-state index contributed by atoms with van der Waals surface area (Å²) in [6.07, 6.45) is 2.77. The molecular weight excluding hydrogens is 451 g/mol. The van der Waals surface area contributed by atoms with Crippen LogP contribution in [0.5, 0.6) is 0 Å². The smallest absolute Gasteiger partial charge is 0.556 e. The number of carbonyl (C=O) groups excluding carboxylic acids is 1. The number of amides is 1. The van der Waals surface area contributed by atoms with Gasteiger partial charge in [0.1, 0.15) is 0 Å². The lowest BCUT2D eigenvalue weighted by Crippen LogP contribution is -2.46. The van der Waals surface area contributed by atoms with Gasteiger partial charge < -0.3 is 22.4 Å². The molecule has 29 heavy (non-hydrogen) atoms. The summed E-state index contributed by atoms with van der Waals surface area (Å²) in [5.41, 5.74) is 0.892. The van der Waals surface area contributed by atoms with Gasteiger partial charge in [0.05, 0.1) is 16.4 Å². The molecule has 0 spiro atoms. The summed E-state index contributed by atoms with van der Waals surface area (Å²) < 4.78 is 33.9. The molecule has 6 nitrogen and oxygen atoms in total. The van der Waals surface area contributed by atoms with Crippen molar-refractivity contribution in [2.45, 2.75) is 57.2 Å². The molecule has 0 saturated carbocycles. The van der Waals surface area contributed by atoms with Gasteiger partial charge in [-0.1, -0.05) is 55.5 Å². The Labute approximate surface area is 182 Å². The maximum atomic E-state index is 11.2. The molecule has 1 rings (SSSR count). The first-order valence-electron chi connectivity index (χ1n) is 10.0. The van der Waals surface area contributed by atoms with E-state index in [-0.39, 0.29) is 8.92 Å². The quantitative estimate of drug-likeness (QED) is 0.218. The fourth-order valence-corrected chi connectivity index (χ4v) is 12.8. The molecule has 0 bridgehead atoms. The van der Waals surface area contributed by atoms with Crippen molar-refractivity contribution >= 4 is 60.8 Å². The van der Waals surface area contributed by atoms with E-state index >= 15 is 0 Å². The number of rotatable bonds is 15. The summed E-state index contributed by atoms with van der Waals surface area (Å²) in [6.45, 7) is 9.34. The van der Waals surface area contributed by atoms with Crippen LogP contribution in [0.1, 0.15) is 12.8 Å². The fourth-order valence-electron chi connectivity index (χ4n) is 3.03.